The van der Waals surface area contributed by atoms with Gasteiger partial charge in [0.15, 0.2) is 0 Å². The van der Waals surface area contributed by atoms with Crippen LogP contribution in [0.15, 0.2) is 18.3 Å². The van der Waals surface area contributed by atoms with Crippen LogP contribution in [0.4, 0.5) is 5.69 Å². The van der Waals surface area contributed by atoms with Gasteiger partial charge in [-0.2, -0.15) is 0 Å². The van der Waals surface area contributed by atoms with Gasteiger partial charge in [0.2, 0.25) is 0 Å². The van der Waals surface area contributed by atoms with Crippen LogP contribution in [0.3, 0.4) is 0 Å². The Labute approximate surface area is 72.8 Å². The van der Waals surface area contributed by atoms with Crippen LogP contribution in [-0.2, 0) is 6.42 Å². The van der Waals surface area contributed by atoms with Crippen LogP contribution in [0.1, 0.15) is 18.5 Å². The minimum Gasteiger partial charge on any atom is -0.397 e. The van der Waals surface area contributed by atoms with E-state index in [2.05, 4.69) is 4.98 Å². The molecule has 0 saturated heterocycles. The summed E-state index contributed by atoms with van der Waals surface area (Å²) in [5.41, 5.74) is 12.9. The first-order valence-electron chi connectivity index (χ1n) is 4.24. The summed E-state index contributed by atoms with van der Waals surface area (Å²) in [7, 11) is 0. The third-order valence-corrected chi connectivity index (χ3v) is 1.79. The van der Waals surface area contributed by atoms with Gasteiger partial charge in [-0.05, 0) is 37.9 Å². The topological polar surface area (TPSA) is 64.9 Å². The van der Waals surface area contributed by atoms with E-state index in [9.17, 15) is 0 Å². The molecule has 1 aromatic heterocycles. The number of nitrogens with two attached hydrogens (primary N) is 2. The van der Waals surface area contributed by atoms with Gasteiger partial charge in [0, 0.05) is 6.20 Å². The first-order valence-corrected chi connectivity index (χ1v) is 4.24. The summed E-state index contributed by atoms with van der Waals surface area (Å²) in [5.74, 6) is 0. The highest BCUT2D eigenvalue weighted by molar-refractivity contribution is 5.41. The van der Waals surface area contributed by atoms with Gasteiger partial charge in [-0.1, -0.05) is 0 Å². The fourth-order valence-corrected chi connectivity index (χ4v) is 1.10. The predicted octanol–water partition coefficient (Wildman–Crippen LogP) is 0.945. The molecule has 0 aromatic carbocycles. The molecule has 4 N–H and O–H groups in total. The van der Waals surface area contributed by atoms with Gasteiger partial charge in [-0.15, -0.1) is 0 Å². The molecular formula is C9H15N3. The van der Waals surface area contributed by atoms with Gasteiger partial charge in [0.1, 0.15) is 0 Å². The third kappa shape index (κ3) is 2.51. The van der Waals surface area contributed by atoms with E-state index in [4.69, 9.17) is 11.5 Å². The summed E-state index contributed by atoms with van der Waals surface area (Å²) in [6.45, 7) is 0.743. The molecule has 0 aliphatic heterocycles. The zero-order valence-corrected chi connectivity index (χ0v) is 7.16. The van der Waals surface area contributed by atoms with E-state index in [0.29, 0.717) is 0 Å². The van der Waals surface area contributed by atoms with Crippen molar-refractivity contribution < 1.29 is 0 Å². The van der Waals surface area contributed by atoms with E-state index in [0.717, 1.165) is 37.2 Å². The van der Waals surface area contributed by atoms with Crippen molar-refractivity contribution in [2.75, 3.05) is 12.3 Å². The van der Waals surface area contributed by atoms with Gasteiger partial charge in [-0.3, -0.25) is 4.98 Å². The molecule has 0 unspecified atom stereocenters. The number of unbranched alkanes of at least 4 members (excludes halogenated alkanes) is 1. The summed E-state index contributed by atoms with van der Waals surface area (Å²) >= 11 is 0. The maximum atomic E-state index is 5.71. The number of anilines is 1. The van der Waals surface area contributed by atoms with E-state index in [1.165, 1.54) is 0 Å². The molecule has 0 aliphatic rings. The smallest absolute Gasteiger partial charge is 0.0632 e. The van der Waals surface area contributed by atoms with Gasteiger partial charge < -0.3 is 11.5 Å². The van der Waals surface area contributed by atoms with Crippen molar-refractivity contribution in [3.8, 4) is 0 Å². The highest BCUT2D eigenvalue weighted by Gasteiger charge is 1.97. The Bertz CT molecular complexity index is 235. The van der Waals surface area contributed by atoms with Gasteiger partial charge >= 0.3 is 0 Å². The second-order valence-corrected chi connectivity index (χ2v) is 2.79. The number of aryl methyl sites for hydroxylation is 1. The SMILES string of the molecule is NCCCCc1ncccc1N. The monoisotopic (exact) mass is 165 g/mol. The van der Waals surface area contributed by atoms with Crippen LogP contribution in [0, 0.1) is 0 Å². The lowest BCUT2D eigenvalue weighted by Crippen LogP contribution is -2.01. The van der Waals surface area contributed by atoms with Crippen molar-refractivity contribution in [2.24, 2.45) is 5.73 Å². The Balaban J connectivity index is 2.46. The number of rotatable bonds is 4. The third-order valence-electron chi connectivity index (χ3n) is 1.79. The molecule has 0 fully saturated rings. The van der Waals surface area contributed by atoms with Gasteiger partial charge in [0.05, 0.1) is 11.4 Å². The summed E-state index contributed by atoms with van der Waals surface area (Å²) in [4.78, 5) is 4.18. The molecule has 1 heterocycles. The lowest BCUT2D eigenvalue weighted by Gasteiger charge is -2.02. The molecule has 1 rings (SSSR count). The van der Waals surface area contributed by atoms with Gasteiger partial charge in [-0.25, -0.2) is 0 Å². The van der Waals surface area contributed by atoms with Crippen LogP contribution in [0.25, 0.3) is 0 Å². The van der Waals surface area contributed by atoms with Crippen molar-refractivity contribution in [3.05, 3.63) is 24.0 Å². The fourth-order valence-electron chi connectivity index (χ4n) is 1.10. The van der Waals surface area contributed by atoms with E-state index < -0.39 is 0 Å². The highest BCUT2D eigenvalue weighted by Crippen LogP contribution is 2.09. The summed E-state index contributed by atoms with van der Waals surface area (Å²) in [6, 6.07) is 3.73. The zero-order chi connectivity index (χ0) is 8.81. The zero-order valence-electron chi connectivity index (χ0n) is 7.16. The Morgan fingerprint density at radius 3 is 2.83 bits per heavy atom. The van der Waals surface area contributed by atoms with E-state index in [1.807, 2.05) is 12.1 Å². The molecule has 3 heteroatoms. The highest BCUT2D eigenvalue weighted by atomic mass is 14.7. The lowest BCUT2D eigenvalue weighted by molar-refractivity contribution is 0.734. The number of nitrogen functional groups attached to an aromatic ring is 1. The van der Waals surface area contributed by atoms with Crippen molar-refractivity contribution >= 4 is 5.69 Å². The minimum absolute atomic E-state index is 0.743. The number of pyridine rings is 1. The average Bonchev–Trinajstić information content (AvgIpc) is 2.09. The maximum Gasteiger partial charge on any atom is 0.0632 e. The van der Waals surface area contributed by atoms with Crippen molar-refractivity contribution in [2.45, 2.75) is 19.3 Å². The Hall–Kier alpha value is -1.09. The summed E-state index contributed by atoms with van der Waals surface area (Å²) in [6.07, 6.45) is 4.81. The minimum atomic E-state index is 0.743. The molecule has 0 saturated carbocycles. The number of nitrogens with zero attached hydrogens (tertiary/aromatic N) is 1. The number of aromatic nitrogens is 1. The van der Waals surface area contributed by atoms with E-state index >= 15 is 0 Å². The second-order valence-electron chi connectivity index (χ2n) is 2.79. The molecule has 3 nitrogen and oxygen atoms in total. The maximum absolute atomic E-state index is 5.71. The number of hydrogen-bond donors (Lipinski definition) is 2. The largest absolute Gasteiger partial charge is 0.397 e. The Morgan fingerprint density at radius 2 is 2.17 bits per heavy atom. The second kappa shape index (κ2) is 4.72. The molecule has 1 aromatic rings. The molecule has 0 amide bonds. The average molecular weight is 165 g/mol. The van der Waals surface area contributed by atoms with Crippen LogP contribution < -0.4 is 11.5 Å². The van der Waals surface area contributed by atoms with Crippen LogP contribution in [0.2, 0.25) is 0 Å². The van der Waals surface area contributed by atoms with Crippen molar-refractivity contribution in [3.63, 3.8) is 0 Å². The first kappa shape index (κ1) is 9.00. The molecule has 0 aliphatic carbocycles. The van der Waals surface area contributed by atoms with Crippen LogP contribution >= 0.6 is 0 Å². The van der Waals surface area contributed by atoms with Crippen LogP contribution in [0.5, 0.6) is 0 Å². The van der Waals surface area contributed by atoms with E-state index in [-0.39, 0.29) is 0 Å². The van der Waals surface area contributed by atoms with Gasteiger partial charge in [0.25, 0.3) is 0 Å². The summed E-state index contributed by atoms with van der Waals surface area (Å²) in [5, 5.41) is 0. The predicted molar refractivity (Wildman–Crippen MR) is 50.6 cm³/mol. The quantitative estimate of drug-likeness (QED) is 0.653. The molecule has 0 atom stereocenters. The molecule has 66 valence electrons. The van der Waals surface area contributed by atoms with Crippen molar-refractivity contribution in [1.29, 1.82) is 0 Å². The normalized spacial score (nSPS) is 10.1. The Morgan fingerprint density at radius 1 is 1.33 bits per heavy atom. The molecule has 0 bridgehead atoms. The Kier molecular flexibility index (Phi) is 3.54. The molecular weight excluding hydrogens is 150 g/mol. The molecule has 0 spiro atoms. The number of hydrogen-bond acceptors (Lipinski definition) is 3. The van der Waals surface area contributed by atoms with E-state index in [1.54, 1.807) is 6.20 Å². The summed E-state index contributed by atoms with van der Waals surface area (Å²) < 4.78 is 0. The van der Waals surface area contributed by atoms with Crippen LogP contribution in [-0.4, -0.2) is 11.5 Å². The first-order chi connectivity index (χ1) is 5.84. The standard InChI is InChI=1S/C9H15N3/c10-6-2-1-5-9-8(11)4-3-7-12-9/h3-4,7H,1-2,5-6,10-11H2. The molecule has 0 radical (unpaired) electrons. The fraction of sp³-hybridized carbons (Fsp3) is 0.444. The lowest BCUT2D eigenvalue weighted by atomic mass is 10.1. The van der Waals surface area contributed by atoms with Crippen molar-refractivity contribution in [1.82, 2.24) is 4.98 Å². The molecule has 12 heavy (non-hydrogen) atoms.